The quantitative estimate of drug-likeness (QED) is 0.710. The lowest BCUT2D eigenvalue weighted by Crippen LogP contribution is -2.28. The van der Waals surface area contributed by atoms with E-state index in [1.54, 1.807) is 13.2 Å². The first kappa shape index (κ1) is 18.5. The molecule has 1 rings (SSSR count). The van der Waals surface area contributed by atoms with Gasteiger partial charge in [0, 0.05) is 34.4 Å². The van der Waals surface area contributed by atoms with Crippen LogP contribution in [0.15, 0.2) is 23.1 Å². The molecule has 0 saturated heterocycles. The molecule has 5 nitrogen and oxygen atoms in total. The molecule has 1 aromatic rings. The van der Waals surface area contributed by atoms with Gasteiger partial charge in [-0.15, -0.1) is 0 Å². The van der Waals surface area contributed by atoms with Crippen LogP contribution in [0.3, 0.4) is 0 Å². The Morgan fingerprint density at radius 1 is 1.52 bits per heavy atom. The molecule has 0 aliphatic heterocycles. The lowest BCUT2D eigenvalue weighted by molar-refractivity contribution is 0.578. The van der Waals surface area contributed by atoms with Gasteiger partial charge in [-0.2, -0.15) is 0 Å². The molecule has 0 bridgehead atoms. The highest BCUT2D eigenvalue weighted by Crippen LogP contribution is 2.22. The summed E-state index contributed by atoms with van der Waals surface area (Å²) in [7, 11) is -4.70. The number of nitrogens with two attached hydrogens (primary N) is 1. The first-order valence-electron chi connectivity index (χ1n) is 6.06. The fourth-order valence-corrected chi connectivity index (χ4v) is 3.68. The van der Waals surface area contributed by atoms with Crippen molar-refractivity contribution in [2.24, 2.45) is 5.73 Å². The van der Waals surface area contributed by atoms with E-state index in [1.807, 2.05) is 0 Å². The zero-order chi connectivity index (χ0) is 16.2. The summed E-state index contributed by atoms with van der Waals surface area (Å²) in [5.41, 5.74) is 5.97. The summed E-state index contributed by atoms with van der Waals surface area (Å²) in [6, 6.07) is 4.29. The molecule has 9 heteroatoms. The van der Waals surface area contributed by atoms with E-state index in [9.17, 15) is 12.6 Å². The Morgan fingerprint density at radius 2 is 2.14 bits per heavy atom. The van der Waals surface area contributed by atoms with Gasteiger partial charge in [0.2, 0.25) is 10.0 Å². The van der Waals surface area contributed by atoms with Crippen LogP contribution in [0.25, 0.3) is 0 Å². The highest BCUT2D eigenvalue weighted by atomic mass is 35.5. The molecular weight excluding hydrogens is 352 g/mol. The van der Waals surface area contributed by atoms with Crippen molar-refractivity contribution < 1.29 is 12.6 Å². The summed E-state index contributed by atoms with van der Waals surface area (Å²) in [6.45, 7) is 1.99. The molecule has 2 unspecified atom stereocenters. The largest absolute Gasteiger partial charge is 0.389 e. The van der Waals surface area contributed by atoms with E-state index < -0.39 is 20.8 Å². The van der Waals surface area contributed by atoms with Gasteiger partial charge < -0.3 is 5.73 Å². The fourth-order valence-electron chi connectivity index (χ4n) is 1.51. The van der Waals surface area contributed by atoms with Crippen molar-refractivity contribution in [3.63, 3.8) is 0 Å². The number of benzene rings is 1. The number of thiocarbonyl (C=S) groups is 1. The van der Waals surface area contributed by atoms with Gasteiger partial charge in [-0.1, -0.05) is 36.8 Å². The second-order valence-corrected chi connectivity index (χ2v) is 8.89. The van der Waals surface area contributed by atoms with Gasteiger partial charge in [0.25, 0.3) is 0 Å². The maximum absolute atomic E-state index is 12.2. The topological polar surface area (TPSA) is 89.3 Å². The molecule has 21 heavy (non-hydrogen) atoms. The van der Waals surface area contributed by atoms with Crippen molar-refractivity contribution >= 4 is 49.6 Å². The van der Waals surface area contributed by atoms with E-state index in [2.05, 4.69) is 4.72 Å². The van der Waals surface area contributed by atoms with E-state index in [4.69, 9.17) is 29.6 Å². The standard InChI is InChI=1S/C12H17ClN2O3S3/c1-8(20(2)16)5-6-15-21(17,18)11-4-3-9(12(14)19)7-10(11)13/h3-4,7-8,15H,5-6H2,1-2H3,(H2,14,19). The Balaban J connectivity index is 2.84. The molecule has 0 fully saturated rings. The zero-order valence-electron chi connectivity index (χ0n) is 11.6. The minimum absolute atomic E-state index is 0.0329. The predicted molar refractivity (Wildman–Crippen MR) is 90.7 cm³/mol. The van der Waals surface area contributed by atoms with E-state index >= 15 is 0 Å². The number of nitrogens with one attached hydrogen (secondary N) is 1. The van der Waals surface area contributed by atoms with Crippen LogP contribution in [-0.4, -0.2) is 35.7 Å². The monoisotopic (exact) mass is 368 g/mol. The normalized spacial score (nSPS) is 14.6. The van der Waals surface area contributed by atoms with Crippen molar-refractivity contribution in [3.05, 3.63) is 28.8 Å². The Kier molecular flexibility index (Phi) is 6.73. The Morgan fingerprint density at radius 3 is 2.62 bits per heavy atom. The lowest BCUT2D eigenvalue weighted by atomic mass is 10.2. The molecule has 0 spiro atoms. The van der Waals surface area contributed by atoms with Gasteiger partial charge in [0.1, 0.15) is 9.88 Å². The van der Waals surface area contributed by atoms with E-state index in [-0.39, 0.29) is 26.7 Å². The van der Waals surface area contributed by atoms with Crippen LogP contribution in [0.4, 0.5) is 0 Å². The summed E-state index contributed by atoms with van der Waals surface area (Å²) in [5, 5.41) is -0.0277. The molecule has 0 aliphatic rings. The average molecular weight is 369 g/mol. The third kappa shape index (κ3) is 5.30. The van der Waals surface area contributed by atoms with Gasteiger partial charge in [0.05, 0.1) is 5.02 Å². The third-order valence-corrected chi connectivity index (χ3v) is 6.46. The minimum Gasteiger partial charge on any atom is -0.389 e. The van der Waals surface area contributed by atoms with Crippen molar-refractivity contribution in [1.82, 2.24) is 4.72 Å². The summed E-state index contributed by atoms with van der Waals surface area (Å²) in [4.78, 5) is 0.113. The first-order valence-corrected chi connectivity index (χ1v) is 9.95. The Bertz CT molecular complexity index is 662. The summed E-state index contributed by atoms with van der Waals surface area (Å²) < 4.78 is 38.0. The van der Waals surface area contributed by atoms with Crippen molar-refractivity contribution in [2.45, 2.75) is 23.5 Å². The number of hydrogen-bond acceptors (Lipinski definition) is 4. The van der Waals surface area contributed by atoms with Crippen LogP contribution >= 0.6 is 23.8 Å². The van der Waals surface area contributed by atoms with Crippen LogP contribution in [0.2, 0.25) is 5.02 Å². The maximum Gasteiger partial charge on any atom is 0.242 e. The Hall–Kier alpha value is -0.540. The van der Waals surface area contributed by atoms with Crippen LogP contribution in [-0.2, 0) is 20.8 Å². The van der Waals surface area contributed by atoms with Crippen molar-refractivity contribution in [1.29, 1.82) is 0 Å². The summed E-state index contributed by atoms with van der Waals surface area (Å²) in [6.07, 6.45) is 2.06. The maximum atomic E-state index is 12.2. The average Bonchev–Trinajstić information content (AvgIpc) is 2.37. The number of rotatable bonds is 7. The smallest absolute Gasteiger partial charge is 0.242 e. The van der Waals surface area contributed by atoms with Crippen molar-refractivity contribution in [3.8, 4) is 0 Å². The van der Waals surface area contributed by atoms with Crippen molar-refractivity contribution in [2.75, 3.05) is 12.8 Å². The van der Waals surface area contributed by atoms with E-state index in [1.165, 1.54) is 18.2 Å². The molecule has 1 aromatic carbocycles. The highest BCUT2D eigenvalue weighted by molar-refractivity contribution is 7.89. The van der Waals surface area contributed by atoms with Gasteiger partial charge in [-0.3, -0.25) is 4.21 Å². The van der Waals surface area contributed by atoms with Crippen LogP contribution in [0.5, 0.6) is 0 Å². The van der Waals surface area contributed by atoms with E-state index in [0.29, 0.717) is 12.0 Å². The predicted octanol–water partition coefficient (Wildman–Crippen LogP) is 1.41. The molecule has 0 aliphatic carbocycles. The summed E-state index contributed by atoms with van der Waals surface area (Å²) in [5.74, 6) is 0. The number of sulfonamides is 1. The SMILES string of the molecule is CC(CCNS(=O)(=O)c1ccc(C(N)=S)cc1Cl)S(C)=O. The molecule has 0 aromatic heterocycles. The zero-order valence-corrected chi connectivity index (χ0v) is 14.8. The van der Waals surface area contributed by atoms with Gasteiger partial charge in [-0.25, -0.2) is 13.1 Å². The molecule has 0 amide bonds. The van der Waals surface area contributed by atoms with E-state index in [0.717, 1.165) is 0 Å². The molecule has 3 N–H and O–H groups in total. The second kappa shape index (κ2) is 7.64. The highest BCUT2D eigenvalue weighted by Gasteiger charge is 2.18. The number of hydrogen-bond donors (Lipinski definition) is 2. The van der Waals surface area contributed by atoms with Gasteiger partial charge >= 0.3 is 0 Å². The van der Waals surface area contributed by atoms with Crippen LogP contribution in [0.1, 0.15) is 18.9 Å². The molecular formula is C12H17ClN2O3S3. The van der Waals surface area contributed by atoms with Gasteiger partial charge in [-0.05, 0) is 18.6 Å². The summed E-state index contributed by atoms with van der Waals surface area (Å²) >= 11 is 10.8. The molecule has 0 radical (unpaired) electrons. The van der Waals surface area contributed by atoms with Crippen LogP contribution in [0, 0.1) is 0 Å². The van der Waals surface area contributed by atoms with Gasteiger partial charge in [0.15, 0.2) is 0 Å². The van der Waals surface area contributed by atoms with Crippen LogP contribution < -0.4 is 10.5 Å². The number of halogens is 1. The molecule has 0 heterocycles. The first-order chi connectivity index (χ1) is 9.65. The third-order valence-electron chi connectivity index (χ3n) is 2.92. The second-order valence-electron chi connectivity index (χ2n) is 4.51. The fraction of sp³-hybridized carbons (Fsp3) is 0.417. The molecule has 0 saturated carbocycles. The minimum atomic E-state index is -3.72. The molecule has 2 atom stereocenters. The molecule has 118 valence electrons. The Labute approximate surface area is 137 Å². The lowest BCUT2D eigenvalue weighted by Gasteiger charge is -2.11.